The van der Waals surface area contributed by atoms with Crippen LogP contribution in [0.2, 0.25) is 0 Å². The zero-order valence-corrected chi connectivity index (χ0v) is 9.64. The van der Waals surface area contributed by atoms with Crippen molar-refractivity contribution in [3.8, 4) is 0 Å². The number of hydrogen-bond donors (Lipinski definition) is 2. The van der Waals surface area contributed by atoms with E-state index in [2.05, 4.69) is 38.6 Å². The molecule has 12 heavy (non-hydrogen) atoms. The van der Waals surface area contributed by atoms with E-state index in [4.69, 9.17) is 0 Å². The molecule has 1 saturated carbocycles. The van der Waals surface area contributed by atoms with Gasteiger partial charge >= 0.3 is 0 Å². The second kappa shape index (κ2) is 3.91. The molecule has 0 spiro atoms. The molecule has 1 amide bonds. The molecule has 0 aromatic carbocycles. The fourth-order valence-corrected chi connectivity index (χ4v) is 2.62. The Balaban J connectivity index is 2.25. The van der Waals surface area contributed by atoms with Gasteiger partial charge in [0, 0.05) is 41.9 Å². The van der Waals surface area contributed by atoms with Crippen LogP contribution < -0.4 is 8.85 Å². The van der Waals surface area contributed by atoms with Crippen molar-refractivity contribution in [2.75, 3.05) is 6.54 Å². The van der Waals surface area contributed by atoms with Crippen LogP contribution in [0.1, 0.15) is 26.7 Å². The lowest BCUT2D eigenvalue weighted by Crippen LogP contribution is -2.55. The van der Waals surface area contributed by atoms with Gasteiger partial charge in [-0.05, 0) is 25.7 Å². The molecule has 1 aliphatic rings. The average Bonchev–Trinajstić information content (AvgIpc) is 1.82. The van der Waals surface area contributed by atoms with E-state index in [9.17, 15) is 4.79 Å². The Morgan fingerprint density at radius 1 is 1.67 bits per heavy atom. The maximum atomic E-state index is 10.8. The Morgan fingerprint density at radius 2 is 2.25 bits per heavy atom. The molecule has 3 nitrogen and oxygen atoms in total. The second-order valence-electron chi connectivity index (χ2n) is 3.85. The largest absolute Gasteiger partial charge is 0.351 e. The summed E-state index contributed by atoms with van der Waals surface area (Å²) in [6.45, 7) is 4.74. The molecule has 0 aromatic heterocycles. The summed E-state index contributed by atoms with van der Waals surface area (Å²) in [5.74, 6) is 0.817. The molecular weight excluding hydrogens is 267 g/mol. The van der Waals surface area contributed by atoms with Crippen molar-refractivity contribution in [1.82, 2.24) is 8.85 Å². The maximum absolute atomic E-state index is 10.8. The van der Waals surface area contributed by atoms with Gasteiger partial charge in [0.25, 0.3) is 0 Å². The van der Waals surface area contributed by atoms with Crippen LogP contribution in [-0.4, -0.2) is 18.0 Å². The highest BCUT2D eigenvalue weighted by atomic mass is 127. The van der Waals surface area contributed by atoms with Crippen LogP contribution in [0.25, 0.3) is 0 Å². The van der Waals surface area contributed by atoms with Crippen molar-refractivity contribution in [2.24, 2.45) is 5.92 Å². The fourth-order valence-electron chi connectivity index (χ4n) is 1.99. The molecule has 1 rings (SSSR count). The quantitative estimate of drug-likeness (QED) is 0.604. The van der Waals surface area contributed by atoms with Gasteiger partial charge in [-0.1, -0.05) is 0 Å². The number of rotatable bonds is 3. The molecule has 0 atom stereocenters. The highest BCUT2D eigenvalue weighted by molar-refractivity contribution is 14.1. The Bertz CT molecular complexity index is 178. The Morgan fingerprint density at radius 3 is 2.67 bits per heavy atom. The van der Waals surface area contributed by atoms with Crippen molar-refractivity contribution in [2.45, 2.75) is 32.2 Å². The monoisotopic (exact) mass is 282 g/mol. The number of amides is 1. The van der Waals surface area contributed by atoms with E-state index in [1.807, 2.05) is 0 Å². The van der Waals surface area contributed by atoms with E-state index in [0.29, 0.717) is 0 Å². The van der Waals surface area contributed by atoms with Crippen molar-refractivity contribution < 1.29 is 4.79 Å². The summed E-state index contributed by atoms with van der Waals surface area (Å²) in [4.78, 5) is 10.8. The van der Waals surface area contributed by atoms with Crippen molar-refractivity contribution in [3.05, 3.63) is 0 Å². The predicted octanol–water partition coefficient (Wildman–Crippen LogP) is 1.23. The molecule has 1 aliphatic carbocycles. The third-order valence-electron chi connectivity index (χ3n) is 2.32. The molecule has 0 heterocycles. The minimum absolute atomic E-state index is 0.0734. The molecule has 0 bridgehead atoms. The van der Waals surface area contributed by atoms with Gasteiger partial charge in [-0.15, -0.1) is 0 Å². The number of carbonyl (C=O) groups is 1. The summed E-state index contributed by atoms with van der Waals surface area (Å²) in [6.07, 6.45) is 2.20. The molecule has 0 aromatic rings. The zero-order chi connectivity index (χ0) is 9.19. The number of halogens is 1. The van der Waals surface area contributed by atoms with Gasteiger partial charge < -0.3 is 5.32 Å². The first-order chi connectivity index (χ1) is 5.56. The molecule has 70 valence electrons. The fraction of sp³-hybridized carbons (Fsp3) is 0.875. The summed E-state index contributed by atoms with van der Waals surface area (Å²) in [5, 5.41) is 2.97. The number of nitrogens with one attached hydrogen (secondary N) is 2. The van der Waals surface area contributed by atoms with Gasteiger partial charge in [-0.3, -0.25) is 8.32 Å². The molecule has 0 saturated heterocycles. The van der Waals surface area contributed by atoms with Crippen molar-refractivity contribution in [1.29, 1.82) is 0 Å². The van der Waals surface area contributed by atoms with Gasteiger partial charge in [-0.2, -0.15) is 0 Å². The van der Waals surface area contributed by atoms with Crippen LogP contribution in [0.4, 0.5) is 0 Å². The minimum Gasteiger partial charge on any atom is -0.351 e. The van der Waals surface area contributed by atoms with E-state index in [1.54, 1.807) is 6.92 Å². The Kier molecular flexibility index (Phi) is 3.34. The first-order valence-corrected chi connectivity index (χ1v) is 5.26. The van der Waals surface area contributed by atoms with E-state index < -0.39 is 0 Å². The molecule has 1 fully saturated rings. The Hall–Kier alpha value is 0.160. The molecule has 2 N–H and O–H groups in total. The molecule has 0 radical (unpaired) electrons. The summed E-state index contributed by atoms with van der Waals surface area (Å²) >= 11 is 2.16. The molecule has 4 heteroatoms. The standard InChI is InChI=1S/C8H15IN2O/c1-6(12)11-8(2)3-7(4-8)5-10-9/h7,10H,3-5H2,1-2H3,(H,11,12). The number of carbonyl (C=O) groups excluding carboxylic acids is 1. The van der Waals surface area contributed by atoms with Gasteiger partial charge in [0.2, 0.25) is 5.91 Å². The van der Waals surface area contributed by atoms with E-state index in [-0.39, 0.29) is 11.4 Å². The van der Waals surface area contributed by atoms with Gasteiger partial charge in [-0.25, -0.2) is 0 Å². The average molecular weight is 282 g/mol. The summed E-state index contributed by atoms with van der Waals surface area (Å²) in [7, 11) is 0. The van der Waals surface area contributed by atoms with Crippen LogP contribution in [-0.2, 0) is 4.79 Å². The lowest BCUT2D eigenvalue weighted by molar-refractivity contribution is -0.122. The lowest BCUT2D eigenvalue weighted by Gasteiger charge is -2.45. The van der Waals surface area contributed by atoms with Crippen LogP contribution in [0.3, 0.4) is 0 Å². The van der Waals surface area contributed by atoms with Gasteiger partial charge in [0.1, 0.15) is 0 Å². The van der Waals surface area contributed by atoms with Crippen LogP contribution in [0.5, 0.6) is 0 Å². The SMILES string of the molecule is CC(=O)NC1(C)CC(CNI)C1. The van der Waals surface area contributed by atoms with Crippen LogP contribution >= 0.6 is 22.9 Å². The molecular formula is C8H15IN2O. The maximum Gasteiger partial charge on any atom is 0.217 e. The van der Waals surface area contributed by atoms with Crippen molar-refractivity contribution >= 4 is 28.8 Å². The summed E-state index contributed by atoms with van der Waals surface area (Å²) < 4.78 is 3.12. The molecule has 0 aliphatic heterocycles. The molecule has 0 unspecified atom stereocenters. The Labute approximate surface area is 87.2 Å². The van der Waals surface area contributed by atoms with E-state index >= 15 is 0 Å². The van der Waals surface area contributed by atoms with Crippen LogP contribution in [0.15, 0.2) is 0 Å². The summed E-state index contributed by atoms with van der Waals surface area (Å²) in [6, 6.07) is 0. The minimum atomic E-state index is 0.0734. The highest BCUT2D eigenvalue weighted by Crippen LogP contribution is 2.36. The predicted molar refractivity (Wildman–Crippen MR) is 57.0 cm³/mol. The highest BCUT2D eigenvalue weighted by Gasteiger charge is 2.40. The van der Waals surface area contributed by atoms with Gasteiger partial charge in [0.15, 0.2) is 0 Å². The van der Waals surface area contributed by atoms with Gasteiger partial charge in [0.05, 0.1) is 0 Å². The second-order valence-corrected chi connectivity index (χ2v) is 4.62. The first-order valence-electron chi connectivity index (χ1n) is 4.18. The first kappa shape index (κ1) is 10.2. The van der Waals surface area contributed by atoms with E-state index in [0.717, 1.165) is 25.3 Å². The zero-order valence-electron chi connectivity index (χ0n) is 7.48. The summed E-state index contributed by atoms with van der Waals surface area (Å²) in [5.41, 5.74) is 0.0734. The third kappa shape index (κ3) is 2.58. The van der Waals surface area contributed by atoms with Crippen molar-refractivity contribution in [3.63, 3.8) is 0 Å². The van der Waals surface area contributed by atoms with Crippen LogP contribution in [0, 0.1) is 5.92 Å². The lowest BCUT2D eigenvalue weighted by atomic mass is 9.69. The number of hydrogen-bond acceptors (Lipinski definition) is 2. The normalized spacial score (nSPS) is 34.1. The topological polar surface area (TPSA) is 41.1 Å². The van der Waals surface area contributed by atoms with E-state index in [1.165, 1.54) is 0 Å². The third-order valence-corrected chi connectivity index (χ3v) is 2.76. The smallest absolute Gasteiger partial charge is 0.217 e.